The van der Waals surface area contributed by atoms with Crippen molar-refractivity contribution in [3.8, 4) is 0 Å². The molecule has 10 heteroatoms. The summed E-state index contributed by atoms with van der Waals surface area (Å²) in [7, 11) is -3.76. The highest BCUT2D eigenvalue weighted by molar-refractivity contribution is 7.89. The van der Waals surface area contributed by atoms with E-state index in [2.05, 4.69) is 25.3 Å². The number of hydrogen-bond donors (Lipinski definition) is 4. The number of carbonyl (C=O) groups is 2. The number of fused-ring (bicyclic) bond motifs is 1. The molecule has 3 rings (SSSR count). The van der Waals surface area contributed by atoms with Crippen LogP contribution in [-0.2, 0) is 19.6 Å². The van der Waals surface area contributed by atoms with Crippen LogP contribution in [0.15, 0.2) is 47.4 Å². The first kappa shape index (κ1) is 20.5. The highest BCUT2D eigenvalue weighted by Crippen LogP contribution is 2.17. The lowest BCUT2D eigenvalue weighted by Crippen LogP contribution is -2.27. The van der Waals surface area contributed by atoms with Crippen LogP contribution in [-0.4, -0.2) is 36.7 Å². The van der Waals surface area contributed by atoms with Gasteiger partial charge in [0.15, 0.2) is 0 Å². The molecule has 0 aliphatic rings. The highest BCUT2D eigenvalue weighted by atomic mass is 32.2. The van der Waals surface area contributed by atoms with Gasteiger partial charge in [-0.2, -0.15) is 0 Å². The summed E-state index contributed by atoms with van der Waals surface area (Å²) < 4.78 is 27.0. The van der Waals surface area contributed by atoms with Crippen LogP contribution in [0.3, 0.4) is 0 Å². The van der Waals surface area contributed by atoms with Crippen molar-refractivity contribution in [2.24, 2.45) is 0 Å². The summed E-state index contributed by atoms with van der Waals surface area (Å²) in [6, 6.07) is 11.1. The van der Waals surface area contributed by atoms with Crippen molar-refractivity contribution >= 4 is 44.2 Å². The topological polar surface area (TPSA) is 133 Å². The SMILES string of the molecule is CC(=O)Nc1ccc(S(=O)(=O)NCCC(=O)Nc2ccc3nc(C)[nH]c3c2)cc1. The highest BCUT2D eigenvalue weighted by Gasteiger charge is 2.14. The zero-order chi connectivity index (χ0) is 21.0. The number of amides is 2. The van der Waals surface area contributed by atoms with Gasteiger partial charge in [0.1, 0.15) is 5.82 Å². The van der Waals surface area contributed by atoms with E-state index < -0.39 is 10.0 Å². The van der Waals surface area contributed by atoms with E-state index in [1.807, 2.05) is 6.92 Å². The van der Waals surface area contributed by atoms with E-state index >= 15 is 0 Å². The van der Waals surface area contributed by atoms with E-state index in [4.69, 9.17) is 0 Å². The predicted octanol–water partition coefficient (Wildman–Crippen LogP) is 2.14. The average Bonchev–Trinajstić information content (AvgIpc) is 3.00. The molecule has 2 aromatic carbocycles. The molecule has 0 atom stereocenters. The summed E-state index contributed by atoms with van der Waals surface area (Å²) in [6.45, 7) is 3.16. The normalized spacial score (nSPS) is 11.4. The van der Waals surface area contributed by atoms with Crippen LogP contribution in [0.1, 0.15) is 19.2 Å². The Hall–Kier alpha value is -3.24. The minimum atomic E-state index is -3.76. The third-order valence-corrected chi connectivity index (χ3v) is 5.49. The maximum Gasteiger partial charge on any atom is 0.240 e. The Labute approximate surface area is 168 Å². The van der Waals surface area contributed by atoms with Crippen LogP contribution in [0.4, 0.5) is 11.4 Å². The van der Waals surface area contributed by atoms with Gasteiger partial charge in [-0.05, 0) is 49.4 Å². The minimum Gasteiger partial charge on any atom is -0.342 e. The molecule has 0 radical (unpaired) electrons. The molecule has 0 unspecified atom stereocenters. The Morgan fingerprint density at radius 2 is 1.72 bits per heavy atom. The number of imidazole rings is 1. The molecule has 1 aromatic heterocycles. The molecule has 0 saturated heterocycles. The maximum atomic E-state index is 12.3. The zero-order valence-corrected chi connectivity index (χ0v) is 16.8. The van der Waals surface area contributed by atoms with Crippen LogP contribution in [0.2, 0.25) is 0 Å². The fourth-order valence-electron chi connectivity index (χ4n) is 2.74. The molecule has 0 bridgehead atoms. The van der Waals surface area contributed by atoms with Crippen molar-refractivity contribution in [2.45, 2.75) is 25.2 Å². The molecule has 2 amide bonds. The van der Waals surface area contributed by atoms with E-state index in [-0.39, 0.29) is 29.7 Å². The summed E-state index contributed by atoms with van der Waals surface area (Å²) >= 11 is 0. The third kappa shape index (κ3) is 5.39. The Balaban J connectivity index is 1.53. The number of hydrogen-bond acceptors (Lipinski definition) is 5. The number of rotatable bonds is 7. The summed E-state index contributed by atoms with van der Waals surface area (Å²) in [6.07, 6.45) is -0.0246. The monoisotopic (exact) mass is 415 g/mol. The molecule has 0 fully saturated rings. The van der Waals surface area contributed by atoms with Crippen molar-refractivity contribution in [2.75, 3.05) is 17.2 Å². The van der Waals surface area contributed by atoms with E-state index in [0.717, 1.165) is 16.9 Å². The van der Waals surface area contributed by atoms with Crippen LogP contribution < -0.4 is 15.4 Å². The van der Waals surface area contributed by atoms with Crippen LogP contribution >= 0.6 is 0 Å². The number of anilines is 2. The average molecular weight is 415 g/mol. The van der Waals surface area contributed by atoms with Crippen LogP contribution in [0, 0.1) is 6.92 Å². The number of nitrogens with one attached hydrogen (secondary N) is 4. The standard InChI is InChI=1S/C19H21N5O4S/c1-12-21-17-8-5-15(11-18(17)22-12)24-19(26)9-10-20-29(27,28)16-6-3-14(4-7-16)23-13(2)25/h3-8,11,20H,9-10H2,1-2H3,(H,21,22)(H,23,25)(H,24,26). The molecular formula is C19H21N5O4S. The summed E-state index contributed by atoms with van der Waals surface area (Å²) in [5.41, 5.74) is 2.71. The lowest BCUT2D eigenvalue weighted by Gasteiger charge is -2.09. The number of nitrogens with zero attached hydrogens (tertiary/aromatic N) is 1. The molecule has 4 N–H and O–H groups in total. The Bertz CT molecular complexity index is 1150. The zero-order valence-electron chi connectivity index (χ0n) is 15.9. The first-order valence-electron chi connectivity index (χ1n) is 8.86. The second-order valence-electron chi connectivity index (χ2n) is 6.46. The van der Waals surface area contributed by atoms with Crippen molar-refractivity contribution < 1.29 is 18.0 Å². The van der Waals surface area contributed by atoms with Crippen molar-refractivity contribution in [1.29, 1.82) is 0 Å². The van der Waals surface area contributed by atoms with Gasteiger partial charge in [0.25, 0.3) is 0 Å². The molecule has 152 valence electrons. The van der Waals surface area contributed by atoms with Gasteiger partial charge >= 0.3 is 0 Å². The van der Waals surface area contributed by atoms with Gasteiger partial charge < -0.3 is 15.6 Å². The summed E-state index contributed by atoms with van der Waals surface area (Å²) in [4.78, 5) is 30.6. The predicted molar refractivity (Wildman–Crippen MR) is 110 cm³/mol. The fraction of sp³-hybridized carbons (Fsp3) is 0.211. The Morgan fingerprint density at radius 1 is 1.03 bits per heavy atom. The fourth-order valence-corrected chi connectivity index (χ4v) is 3.77. The molecule has 0 spiro atoms. The Kier molecular flexibility index (Phi) is 5.95. The lowest BCUT2D eigenvalue weighted by atomic mass is 10.2. The van der Waals surface area contributed by atoms with Crippen LogP contribution in [0.5, 0.6) is 0 Å². The van der Waals surface area contributed by atoms with Gasteiger partial charge in [-0.15, -0.1) is 0 Å². The first-order valence-corrected chi connectivity index (χ1v) is 10.3. The van der Waals surface area contributed by atoms with Gasteiger partial charge in [0.05, 0.1) is 15.9 Å². The number of aromatic amines is 1. The smallest absolute Gasteiger partial charge is 0.240 e. The molecule has 0 saturated carbocycles. The second kappa shape index (κ2) is 8.41. The Morgan fingerprint density at radius 3 is 2.41 bits per heavy atom. The molecule has 9 nitrogen and oxygen atoms in total. The van der Waals surface area contributed by atoms with Crippen molar-refractivity contribution in [3.05, 3.63) is 48.3 Å². The number of aromatic nitrogens is 2. The summed E-state index contributed by atoms with van der Waals surface area (Å²) in [5.74, 6) is 0.221. The minimum absolute atomic E-state index is 0.0246. The number of H-pyrrole nitrogens is 1. The molecule has 1 heterocycles. The molecule has 29 heavy (non-hydrogen) atoms. The third-order valence-electron chi connectivity index (χ3n) is 4.01. The largest absolute Gasteiger partial charge is 0.342 e. The molecule has 0 aliphatic heterocycles. The quantitative estimate of drug-likeness (QED) is 0.469. The van der Waals surface area contributed by atoms with E-state index in [1.54, 1.807) is 18.2 Å². The van der Waals surface area contributed by atoms with E-state index in [9.17, 15) is 18.0 Å². The van der Waals surface area contributed by atoms with Gasteiger partial charge in [-0.3, -0.25) is 9.59 Å². The van der Waals surface area contributed by atoms with Gasteiger partial charge in [-0.25, -0.2) is 18.1 Å². The molecule has 0 aliphatic carbocycles. The second-order valence-corrected chi connectivity index (χ2v) is 8.22. The van der Waals surface area contributed by atoms with E-state index in [1.165, 1.54) is 31.2 Å². The number of aryl methyl sites for hydroxylation is 1. The number of sulfonamides is 1. The number of benzene rings is 2. The number of carbonyl (C=O) groups excluding carboxylic acids is 2. The van der Waals surface area contributed by atoms with Gasteiger partial charge in [0, 0.05) is 31.3 Å². The molecular weight excluding hydrogens is 394 g/mol. The molecule has 3 aromatic rings. The van der Waals surface area contributed by atoms with Crippen LogP contribution in [0.25, 0.3) is 11.0 Å². The van der Waals surface area contributed by atoms with Gasteiger partial charge in [0.2, 0.25) is 21.8 Å². The van der Waals surface area contributed by atoms with Crippen molar-refractivity contribution in [3.63, 3.8) is 0 Å². The summed E-state index contributed by atoms with van der Waals surface area (Å²) in [5, 5.41) is 5.30. The van der Waals surface area contributed by atoms with E-state index in [0.29, 0.717) is 11.4 Å². The maximum absolute atomic E-state index is 12.3. The van der Waals surface area contributed by atoms with Crippen molar-refractivity contribution in [1.82, 2.24) is 14.7 Å². The first-order chi connectivity index (χ1) is 13.7. The van der Waals surface area contributed by atoms with Gasteiger partial charge in [-0.1, -0.05) is 0 Å². The lowest BCUT2D eigenvalue weighted by molar-refractivity contribution is -0.116.